The average Bonchev–Trinajstić information content (AvgIpc) is 3.34. The molecule has 0 amide bonds. The molecule has 0 unspecified atom stereocenters. The fourth-order valence-corrected chi connectivity index (χ4v) is 3.87. The summed E-state index contributed by atoms with van der Waals surface area (Å²) in [5.41, 5.74) is 2.33. The van der Waals surface area contributed by atoms with Crippen LogP contribution in [-0.2, 0) is 5.75 Å². The van der Waals surface area contributed by atoms with Gasteiger partial charge < -0.3 is 0 Å². The first-order valence-corrected chi connectivity index (χ1v) is 8.88. The molecule has 1 aromatic carbocycles. The lowest BCUT2D eigenvalue weighted by molar-refractivity contribution is 0.423. The molecular formula is C16H18N6S. The fraction of sp³-hybridized carbons (Fsp3) is 0.375. The lowest BCUT2D eigenvalue weighted by Gasteiger charge is -2.10. The first-order chi connectivity index (χ1) is 11.4. The van der Waals surface area contributed by atoms with Crippen molar-refractivity contribution in [3.8, 4) is 5.69 Å². The minimum absolute atomic E-state index is 0.481. The maximum absolute atomic E-state index is 4.24. The third-order valence-electron chi connectivity index (χ3n) is 4.21. The Morgan fingerprint density at radius 2 is 1.96 bits per heavy atom. The molecule has 4 rings (SSSR count). The van der Waals surface area contributed by atoms with Crippen molar-refractivity contribution in [2.24, 2.45) is 0 Å². The van der Waals surface area contributed by atoms with E-state index in [9.17, 15) is 0 Å². The minimum atomic E-state index is 0.481. The van der Waals surface area contributed by atoms with Crippen LogP contribution in [-0.4, -0.2) is 30.0 Å². The fourth-order valence-electron chi connectivity index (χ4n) is 2.97. The number of tetrazole rings is 1. The van der Waals surface area contributed by atoms with Crippen molar-refractivity contribution >= 4 is 11.8 Å². The summed E-state index contributed by atoms with van der Waals surface area (Å²) >= 11 is 1.70. The van der Waals surface area contributed by atoms with Crippen LogP contribution in [0.2, 0.25) is 0 Å². The largest absolute Gasteiger partial charge is 0.241 e. The Balaban J connectivity index is 1.42. The number of hydrogen-bond donors (Lipinski definition) is 0. The third-order valence-corrected chi connectivity index (χ3v) is 5.21. The lowest BCUT2D eigenvalue weighted by atomic mass is 10.2. The summed E-state index contributed by atoms with van der Waals surface area (Å²) in [6.07, 6.45) is 8.67. The van der Waals surface area contributed by atoms with Crippen molar-refractivity contribution in [1.82, 2.24) is 30.0 Å². The van der Waals surface area contributed by atoms with E-state index in [4.69, 9.17) is 0 Å². The van der Waals surface area contributed by atoms with Gasteiger partial charge in [-0.25, -0.2) is 9.36 Å². The van der Waals surface area contributed by atoms with Crippen LogP contribution in [0.4, 0.5) is 0 Å². The van der Waals surface area contributed by atoms with Gasteiger partial charge >= 0.3 is 0 Å². The van der Waals surface area contributed by atoms with E-state index in [1.165, 1.54) is 31.2 Å². The molecule has 0 aliphatic heterocycles. The second kappa shape index (κ2) is 6.54. The number of hydrogen-bond acceptors (Lipinski definition) is 5. The summed E-state index contributed by atoms with van der Waals surface area (Å²) in [5, 5.41) is 17.4. The van der Waals surface area contributed by atoms with Crippen LogP contribution in [0, 0.1) is 0 Å². The predicted octanol–water partition coefficient (Wildman–Crippen LogP) is 3.27. The van der Waals surface area contributed by atoms with Gasteiger partial charge in [-0.1, -0.05) is 36.7 Å². The van der Waals surface area contributed by atoms with Gasteiger partial charge in [0.15, 0.2) is 0 Å². The topological polar surface area (TPSA) is 61.4 Å². The second-order valence-electron chi connectivity index (χ2n) is 5.75. The quantitative estimate of drug-likeness (QED) is 0.673. The van der Waals surface area contributed by atoms with E-state index in [1.807, 2.05) is 21.6 Å². The zero-order valence-electron chi connectivity index (χ0n) is 12.7. The van der Waals surface area contributed by atoms with Crippen molar-refractivity contribution in [3.05, 3.63) is 48.3 Å². The van der Waals surface area contributed by atoms with E-state index in [-0.39, 0.29) is 0 Å². The van der Waals surface area contributed by atoms with Crippen LogP contribution in [0.25, 0.3) is 5.69 Å². The van der Waals surface area contributed by atoms with Gasteiger partial charge in [0.2, 0.25) is 5.16 Å². The molecular weight excluding hydrogens is 308 g/mol. The van der Waals surface area contributed by atoms with Crippen LogP contribution >= 0.6 is 11.8 Å². The smallest absolute Gasteiger partial charge is 0.209 e. The van der Waals surface area contributed by atoms with Crippen LogP contribution in [0.5, 0.6) is 0 Å². The Hall–Kier alpha value is -2.15. The minimum Gasteiger partial charge on any atom is -0.241 e. The SMILES string of the molecule is c1cnn(-c2ccc(CSc3nnnn3C3CCCC3)cc2)c1. The van der Waals surface area contributed by atoms with Crippen molar-refractivity contribution < 1.29 is 0 Å². The van der Waals surface area contributed by atoms with Gasteiger partial charge in [0.25, 0.3) is 0 Å². The van der Waals surface area contributed by atoms with E-state index >= 15 is 0 Å². The molecule has 0 spiro atoms. The summed E-state index contributed by atoms with van der Waals surface area (Å²) in [5.74, 6) is 0.868. The van der Waals surface area contributed by atoms with Gasteiger partial charge in [0.1, 0.15) is 0 Å². The zero-order valence-corrected chi connectivity index (χ0v) is 13.6. The average molecular weight is 326 g/mol. The van der Waals surface area contributed by atoms with Gasteiger partial charge in [-0.05, 0) is 47.0 Å². The first kappa shape index (κ1) is 14.4. The van der Waals surface area contributed by atoms with Gasteiger partial charge in [-0.2, -0.15) is 5.10 Å². The molecule has 0 saturated heterocycles. The van der Waals surface area contributed by atoms with E-state index in [2.05, 4.69) is 44.9 Å². The van der Waals surface area contributed by atoms with Gasteiger partial charge in [-0.15, -0.1) is 5.10 Å². The van der Waals surface area contributed by atoms with Crippen molar-refractivity contribution in [1.29, 1.82) is 0 Å². The van der Waals surface area contributed by atoms with Gasteiger partial charge in [0, 0.05) is 18.1 Å². The molecule has 6 nitrogen and oxygen atoms in total. The normalized spacial score (nSPS) is 15.3. The molecule has 0 radical (unpaired) electrons. The van der Waals surface area contributed by atoms with E-state index < -0.39 is 0 Å². The molecule has 3 aromatic rings. The summed E-state index contributed by atoms with van der Waals surface area (Å²) < 4.78 is 3.87. The molecule has 118 valence electrons. The Morgan fingerprint density at radius 3 is 2.70 bits per heavy atom. The maximum Gasteiger partial charge on any atom is 0.209 e. The molecule has 23 heavy (non-hydrogen) atoms. The van der Waals surface area contributed by atoms with Gasteiger partial charge in [0.05, 0.1) is 11.7 Å². The molecule has 1 saturated carbocycles. The highest BCUT2D eigenvalue weighted by Crippen LogP contribution is 2.32. The summed E-state index contributed by atoms with van der Waals surface area (Å²) in [4.78, 5) is 0. The van der Waals surface area contributed by atoms with Crippen molar-refractivity contribution in [2.75, 3.05) is 0 Å². The maximum atomic E-state index is 4.24. The Kier molecular flexibility index (Phi) is 4.10. The molecule has 0 atom stereocenters. The Morgan fingerprint density at radius 1 is 1.13 bits per heavy atom. The van der Waals surface area contributed by atoms with Gasteiger partial charge in [-0.3, -0.25) is 0 Å². The van der Waals surface area contributed by atoms with Crippen molar-refractivity contribution in [2.45, 2.75) is 42.6 Å². The molecule has 1 fully saturated rings. The Bertz CT molecular complexity index is 743. The number of thioether (sulfide) groups is 1. The van der Waals surface area contributed by atoms with Crippen LogP contribution in [0.1, 0.15) is 37.3 Å². The highest BCUT2D eigenvalue weighted by Gasteiger charge is 2.21. The molecule has 2 aromatic heterocycles. The van der Waals surface area contributed by atoms with Crippen LogP contribution in [0.15, 0.2) is 47.9 Å². The summed E-state index contributed by atoms with van der Waals surface area (Å²) in [7, 11) is 0. The molecule has 1 aliphatic rings. The summed E-state index contributed by atoms with van der Waals surface area (Å²) in [6.45, 7) is 0. The highest BCUT2D eigenvalue weighted by molar-refractivity contribution is 7.98. The number of nitrogens with zero attached hydrogens (tertiary/aromatic N) is 6. The molecule has 0 N–H and O–H groups in total. The molecule has 1 aliphatic carbocycles. The number of rotatable bonds is 5. The highest BCUT2D eigenvalue weighted by atomic mass is 32.2. The van der Waals surface area contributed by atoms with Crippen LogP contribution in [0.3, 0.4) is 0 Å². The number of aromatic nitrogens is 6. The van der Waals surface area contributed by atoms with E-state index in [0.29, 0.717) is 6.04 Å². The first-order valence-electron chi connectivity index (χ1n) is 7.90. The molecule has 0 bridgehead atoms. The van der Waals surface area contributed by atoms with E-state index in [0.717, 1.165) is 16.6 Å². The number of benzene rings is 1. The second-order valence-corrected chi connectivity index (χ2v) is 6.69. The Labute approximate surface area is 138 Å². The molecule has 2 heterocycles. The van der Waals surface area contributed by atoms with Crippen molar-refractivity contribution in [3.63, 3.8) is 0 Å². The lowest BCUT2D eigenvalue weighted by Crippen LogP contribution is -2.08. The third kappa shape index (κ3) is 3.14. The zero-order chi connectivity index (χ0) is 15.5. The van der Waals surface area contributed by atoms with Crippen LogP contribution < -0.4 is 0 Å². The molecule has 7 heteroatoms. The predicted molar refractivity (Wildman–Crippen MR) is 88.4 cm³/mol. The van der Waals surface area contributed by atoms with E-state index in [1.54, 1.807) is 18.0 Å². The standard InChI is InChI=1S/C16H18N6S/c1-2-5-15(4-1)22-16(18-19-20-22)23-12-13-6-8-14(9-7-13)21-11-3-10-17-21/h3,6-11,15H,1-2,4-5,12H2. The summed E-state index contributed by atoms with van der Waals surface area (Å²) in [6, 6.07) is 10.8. The monoisotopic (exact) mass is 326 g/mol.